The minimum absolute atomic E-state index is 0.0984. The summed E-state index contributed by atoms with van der Waals surface area (Å²) in [7, 11) is -3.50. The van der Waals surface area contributed by atoms with Crippen LogP contribution < -0.4 is 10.0 Å². The standard InChI is InChI=1S/C20H20ClFN2O4S/c1-3-12(2)24-29(26,27)11-13-5-4-6-14(9-13)23-20(25)16-10-28-19-15(16)7-8-17(21)18(19)22/h4-10,12,24H,3,11H2,1-2H3,(H,23,25). The lowest BCUT2D eigenvalue weighted by Gasteiger charge is -2.12. The Balaban J connectivity index is 1.79. The zero-order chi connectivity index (χ0) is 21.2. The van der Waals surface area contributed by atoms with E-state index in [1.165, 1.54) is 12.1 Å². The average Bonchev–Trinajstić information content (AvgIpc) is 3.09. The van der Waals surface area contributed by atoms with Gasteiger partial charge in [-0.15, -0.1) is 0 Å². The van der Waals surface area contributed by atoms with Crippen LogP contribution >= 0.6 is 11.6 Å². The van der Waals surface area contributed by atoms with E-state index in [1.54, 1.807) is 31.2 Å². The highest BCUT2D eigenvalue weighted by Gasteiger charge is 2.19. The molecule has 1 aromatic heterocycles. The second-order valence-electron chi connectivity index (χ2n) is 6.73. The van der Waals surface area contributed by atoms with Gasteiger partial charge in [-0.25, -0.2) is 17.5 Å². The first-order chi connectivity index (χ1) is 13.7. The molecule has 0 bridgehead atoms. The van der Waals surface area contributed by atoms with E-state index >= 15 is 0 Å². The minimum atomic E-state index is -3.50. The number of nitrogens with one attached hydrogen (secondary N) is 2. The Kier molecular flexibility index (Phi) is 6.26. The molecule has 3 rings (SSSR count). The summed E-state index contributed by atoms with van der Waals surface area (Å²) < 4.78 is 46.2. The summed E-state index contributed by atoms with van der Waals surface area (Å²) in [4.78, 5) is 12.6. The predicted molar refractivity (Wildman–Crippen MR) is 111 cm³/mol. The molecule has 0 saturated carbocycles. The number of sulfonamides is 1. The Morgan fingerprint density at radius 1 is 1.28 bits per heavy atom. The molecule has 1 atom stereocenters. The number of fused-ring (bicyclic) bond motifs is 1. The molecular weight excluding hydrogens is 419 g/mol. The van der Waals surface area contributed by atoms with Crippen LogP contribution in [0.2, 0.25) is 5.02 Å². The molecule has 0 saturated heterocycles. The van der Waals surface area contributed by atoms with E-state index in [4.69, 9.17) is 16.0 Å². The van der Waals surface area contributed by atoms with Crippen LogP contribution in [0.1, 0.15) is 36.2 Å². The van der Waals surface area contributed by atoms with E-state index in [1.807, 2.05) is 6.92 Å². The number of halogens is 2. The number of benzene rings is 2. The lowest BCUT2D eigenvalue weighted by Crippen LogP contribution is -2.32. The zero-order valence-electron chi connectivity index (χ0n) is 15.8. The molecule has 0 aliphatic heterocycles. The number of hydrogen-bond acceptors (Lipinski definition) is 4. The summed E-state index contributed by atoms with van der Waals surface area (Å²) >= 11 is 5.73. The van der Waals surface area contributed by atoms with Gasteiger partial charge in [0.25, 0.3) is 5.91 Å². The van der Waals surface area contributed by atoms with Gasteiger partial charge in [0.05, 0.1) is 16.3 Å². The Labute approximate surface area is 173 Å². The fourth-order valence-electron chi connectivity index (χ4n) is 2.80. The molecule has 0 radical (unpaired) electrons. The molecule has 1 heterocycles. The van der Waals surface area contributed by atoms with Crippen molar-refractivity contribution in [3.63, 3.8) is 0 Å². The molecule has 0 spiro atoms. The molecule has 0 aliphatic carbocycles. The number of furan rings is 1. The fourth-order valence-corrected chi connectivity index (χ4v) is 4.44. The van der Waals surface area contributed by atoms with Crippen molar-refractivity contribution in [3.8, 4) is 0 Å². The van der Waals surface area contributed by atoms with Crippen LogP contribution in [-0.4, -0.2) is 20.4 Å². The van der Waals surface area contributed by atoms with Gasteiger partial charge in [-0.05, 0) is 43.2 Å². The van der Waals surface area contributed by atoms with Gasteiger partial charge in [-0.3, -0.25) is 4.79 Å². The summed E-state index contributed by atoms with van der Waals surface area (Å²) in [6.07, 6.45) is 1.84. The van der Waals surface area contributed by atoms with Crippen LogP contribution in [0.15, 0.2) is 47.1 Å². The zero-order valence-corrected chi connectivity index (χ0v) is 17.4. The highest BCUT2D eigenvalue weighted by atomic mass is 35.5. The Bertz CT molecular complexity index is 1160. The number of anilines is 1. The molecule has 0 aliphatic rings. The predicted octanol–water partition coefficient (Wildman–Crippen LogP) is 4.70. The summed E-state index contributed by atoms with van der Waals surface area (Å²) in [5, 5.41) is 2.87. The van der Waals surface area contributed by atoms with Crippen molar-refractivity contribution in [3.05, 3.63) is 64.6 Å². The average molecular weight is 439 g/mol. The van der Waals surface area contributed by atoms with Gasteiger partial charge < -0.3 is 9.73 Å². The van der Waals surface area contributed by atoms with E-state index in [0.29, 0.717) is 23.1 Å². The number of rotatable bonds is 7. The molecule has 29 heavy (non-hydrogen) atoms. The maximum absolute atomic E-state index is 14.0. The van der Waals surface area contributed by atoms with Gasteiger partial charge >= 0.3 is 0 Å². The van der Waals surface area contributed by atoms with E-state index in [-0.39, 0.29) is 28.0 Å². The summed E-state index contributed by atoms with van der Waals surface area (Å²) in [6.45, 7) is 3.68. The normalized spacial score (nSPS) is 12.8. The van der Waals surface area contributed by atoms with Crippen LogP contribution in [-0.2, 0) is 15.8 Å². The van der Waals surface area contributed by atoms with Gasteiger partial charge in [0.2, 0.25) is 10.0 Å². The third kappa shape index (κ3) is 4.95. The quantitative estimate of drug-likeness (QED) is 0.559. The van der Waals surface area contributed by atoms with Crippen molar-refractivity contribution in [2.75, 3.05) is 5.32 Å². The maximum atomic E-state index is 14.0. The summed E-state index contributed by atoms with van der Waals surface area (Å²) in [6, 6.07) is 9.21. The van der Waals surface area contributed by atoms with Crippen LogP contribution in [0.5, 0.6) is 0 Å². The monoisotopic (exact) mass is 438 g/mol. The van der Waals surface area contributed by atoms with Crippen LogP contribution in [0.4, 0.5) is 10.1 Å². The van der Waals surface area contributed by atoms with Gasteiger partial charge in [0.1, 0.15) is 6.26 Å². The van der Waals surface area contributed by atoms with Crippen molar-refractivity contribution in [2.24, 2.45) is 0 Å². The fraction of sp³-hybridized carbons (Fsp3) is 0.250. The highest BCUT2D eigenvalue weighted by molar-refractivity contribution is 7.88. The SMILES string of the molecule is CCC(C)NS(=O)(=O)Cc1cccc(NC(=O)c2coc3c(F)c(Cl)ccc23)c1. The van der Waals surface area contributed by atoms with Gasteiger partial charge in [-0.2, -0.15) is 0 Å². The van der Waals surface area contributed by atoms with Crippen molar-refractivity contribution in [1.29, 1.82) is 0 Å². The van der Waals surface area contributed by atoms with Crippen molar-refractivity contribution in [2.45, 2.75) is 32.1 Å². The van der Waals surface area contributed by atoms with Crippen molar-refractivity contribution in [1.82, 2.24) is 4.72 Å². The number of amides is 1. The lowest BCUT2D eigenvalue weighted by molar-refractivity contribution is 0.102. The first kappa shape index (κ1) is 21.3. The van der Waals surface area contributed by atoms with Crippen LogP contribution in [0, 0.1) is 5.82 Å². The molecule has 3 aromatic rings. The first-order valence-corrected chi connectivity index (χ1v) is 11.0. The smallest absolute Gasteiger partial charge is 0.259 e. The molecule has 0 fully saturated rings. The molecule has 1 amide bonds. The summed E-state index contributed by atoms with van der Waals surface area (Å²) in [5.41, 5.74) is 0.981. The molecule has 2 N–H and O–H groups in total. The van der Waals surface area contributed by atoms with Gasteiger partial charge in [0.15, 0.2) is 11.4 Å². The number of hydrogen-bond donors (Lipinski definition) is 2. The Morgan fingerprint density at radius 2 is 2.03 bits per heavy atom. The van der Waals surface area contributed by atoms with Crippen LogP contribution in [0.25, 0.3) is 11.0 Å². The highest BCUT2D eigenvalue weighted by Crippen LogP contribution is 2.29. The topological polar surface area (TPSA) is 88.4 Å². The van der Waals surface area contributed by atoms with Crippen molar-refractivity contribution < 1.29 is 22.0 Å². The largest absolute Gasteiger partial charge is 0.460 e. The Hall–Kier alpha value is -2.42. The number of carbonyl (C=O) groups is 1. The molecule has 2 aromatic carbocycles. The third-order valence-corrected chi connectivity index (χ3v) is 6.18. The second kappa shape index (κ2) is 8.52. The lowest BCUT2D eigenvalue weighted by atomic mass is 10.1. The Morgan fingerprint density at radius 3 is 2.76 bits per heavy atom. The van der Waals surface area contributed by atoms with Gasteiger partial charge in [0, 0.05) is 17.1 Å². The molecule has 1 unspecified atom stereocenters. The van der Waals surface area contributed by atoms with Gasteiger partial charge in [-0.1, -0.05) is 30.7 Å². The second-order valence-corrected chi connectivity index (χ2v) is 8.89. The molecule has 154 valence electrons. The minimum Gasteiger partial charge on any atom is -0.460 e. The summed E-state index contributed by atoms with van der Waals surface area (Å²) in [5.74, 6) is -1.45. The number of carbonyl (C=O) groups excluding carboxylic acids is 1. The molecule has 9 heteroatoms. The van der Waals surface area contributed by atoms with Crippen molar-refractivity contribution >= 4 is 44.2 Å². The first-order valence-electron chi connectivity index (χ1n) is 8.95. The van der Waals surface area contributed by atoms with Crippen LogP contribution in [0.3, 0.4) is 0 Å². The molecular formula is C20H20ClFN2O4S. The van der Waals surface area contributed by atoms with E-state index in [9.17, 15) is 17.6 Å². The maximum Gasteiger partial charge on any atom is 0.259 e. The van der Waals surface area contributed by atoms with E-state index < -0.39 is 21.7 Å². The molecule has 6 nitrogen and oxygen atoms in total. The van der Waals surface area contributed by atoms with E-state index in [2.05, 4.69) is 10.0 Å². The third-order valence-electron chi connectivity index (χ3n) is 4.41. The van der Waals surface area contributed by atoms with E-state index in [0.717, 1.165) is 6.26 Å².